The minimum absolute atomic E-state index is 0.208. The first-order chi connectivity index (χ1) is 23.4. The maximum atomic E-state index is 13.3. The largest absolute Gasteiger partial charge is 0.488 e. The Morgan fingerprint density at radius 1 is 0.898 bits per heavy atom. The van der Waals surface area contributed by atoms with Crippen LogP contribution in [-0.4, -0.2) is 51.0 Å². The summed E-state index contributed by atoms with van der Waals surface area (Å²) >= 11 is 0. The van der Waals surface area contributed by atoms with E-state index in [9.17, 15) is 14.4 Å². The van der Waals surface area contributed by atoms with Crippen LogP contribution in [0.25, 0.3) is 16.5 Å². The van der Waals surface area contributed by atoms with Crippen LogP contribution in [0.4, 0.5) is 22.1 Å². The van der Waals surface area contributed by atoms with Crippen LogP contribution in [0.1, 0.15) is 51.4 Å². The summed E-state index contributed by atoms with van der Waals surface area (Å²) in [5.74, 6) is 0.762. The maximum Gasteiger partial charge on any atom is 0.324 e. The zero-order valence-electron chi connectivity index (χ0n) is 28.5. The number of hydrogen-bond acceptors (Lipinski definition) is 8. The number of benzene rings is 3. The second-order valence-electron chi connectivity index (χ2n) is 12.1. The van der Waals surface area contributed by atoms with E-state index >= 15 is 0 Å². The van der Waals surface area contributed by atoms with Gasteiger partial charge in [0.15, 0.2) is 0 Å². The van der Waals surface area contributed by atoms with Crippen LogP contribution in [0, 0.1) is 6.92 Å². The smallest absolute Gasteiger partial charge is 0.324 e. The normalized spacial score (nSPS) is 10.8. The number of carbonyl (C=O) groups is 3. The summed E-state index contributed by atoms with van der Waals surface area (Å²) in [6.45, 7) is 11.5. The molecule has 12 heteroatoms. The molecule has 0 spiro atoms. The van der Waals surface area contributed by atoms with Crippen molar-refractivity contribution in [3.05, 3.63) is 102 Å². The molecule has 0 fully saturated rings. The maximum absolute atomic E-state index is 13.3. The molecular formula is C37H42N6O6. The number of fused-ring (bicyclic) bond motifs is 1. The van der Waals surface area contributed by atoms with Crippen molar-refractivity contribution in [1.29, 1.82) is 0 Å². The van der Waals surface area contributed by atoms with Crippen molar-refractivity contribution in [3.63, 3.8) is 0 Å². The Balaban J connectivity index is 0.000000827. The number of hydrogen-bond donors (Lipinski definition) is 4. The second kappa shape index (κ2) is 16.4. The highest BCUT2D eigenvalue weighted by atomic mass is 16.5. The van der Waals surface area contributed by atoms with Gasteiger partial charge in [-0.15, -0.1) is 0 Å². The van der Waals surface area contributed by atoms with Crippen molar-refractivity contribution in [3.8, 4) is 11.4 Å². The lowest BCUT2D eigenvalue weighted by atomic mass is 9.92. The van der Waals surface area contributed by atoms with E-state index in [-0.39, 0.29) is 18.0 Å². The molecule has 0 saturated heterocycles. The molecule has 2 heterocycles. The van der Waals surface area contributed by atoms with Crippen LogP contribution < -0.4 is 20.7 Å². The fourth-order valence-electron chi connectivity index (χ4n) is 4.67. The lowest BCUT2D eigenvalue weighted by Gasteiger charge is -2.15. The molecule has 3 aromatic carbocycles. The predicted molar refractivity (Wildman–Crippen MR) is 190 cm³/mol. The molecule has 4 N–H and O–H groups in total. The van der Waals surface area contributed by atoms with Gasteiger partial charge in [-0.2, -0.15) is 5.10 Å². The van der Waals surface area contributed by atoms with E-state index < -0.39 is 18.5 Å². The fraction of sp³-hybridized carbons (Fsp3) is 0.270. The van der Waals surface area contributed by atoms with Crippen LogP contribution in [0.15, 0.2) is 85.1 Å². The predicted octanol–water partition coefficient (Wildman–Crippen LogP) is 6.75. The summed E-state index contributed by atoms with van der Waals surface area (Å²) in [7, 11) is 0. The number of esters is 1. The number of rotatable bonds is 9. The quantitative estimate of drug-likeness (QED) is 0.126. The zero-order chi connectivity index (χ0) is 35.6. The van der Waals surface area contributed by atoms with Crippen molar-refractivity contribution < 1.29 is 29.0 Å². The molecule has 256 valence electrons. The number of aliphatic hydroxyl groups is 1. The molecule has 5 aromatic rings. The van der Waals surface area contributed by atoms with E-state index in [1.54, 1.807) is 36.0 Å². The molecule has 0 unspecified atom stereocenters. The highest BCUT2D eigenvalue weighted by Gasteiger charge is 2.22. The average Bonchev–Trinajstić information content (AvgIpc) is 3.49. The number of aryl methyl sites for hydroxylation is 1. The molecule has 0 bridgehead atoms. The summed E-state index contributed by atoms with van der Waals surface area (Å²) in [4.78, 5) is 38.7. The van der Waals surface area contributed by atoms with Crippen molar-refractivity contribution in [2.45, 2.75) is 53.6 Å². The number of anilines is 3. The summed E-state index contributed by atoms with van der Waals surface area (Å²) in [5, 5.41) is 23.9. The van der Waals surface area contributed by atoms with E-state index in [1.165, 1.54) is 6.92 Å². The molecule has 0 radical (unpaired) electrons. The molecule has 0 saturated carbocycles. The van der Waals surface area contributed by atoms with Gasteiger partial charge in [-0.05, 0) is 55.8 Å². The SMILES string of the molecule is CCOC(C)=O.Cc1ccc(-n2nc(C(C)(C)C)cc2NC(=O)Nc2ccc(OCc3ccnc(NC(=O)CO)c3)c3ccccc23)cc1. The van der Waals surface area contributed by atoms with Gasteiger partial charge in [-0.3, -0.25) is 14.9 Å². The molecule has 2 aromatic heterocycles. The molecular weight excluding hydrogens is 624 g/mol. The summed E-state index contributed by atoms with van der Waals surface area (Å²) in [5.41, 5.74) is 4.04. The third-order valence-corrected chi connectivity index (χ3v) is 7.11. The molecule has 12 nitrogen and oxygen atoms in total. The number of nitrogens with zero attached hydrogens (tertiary/aromatic N) is 3. The average molecular weight is 667 g/mol. The molecule has 0 aliphatic heterocycles. The van der Waals surface area contributed by atoms with Crippen LogP contribution in [-0.2, 0) is 26.3 Å². The Labute approximate surface area is 285 Å². The lowest BCUT2D eigenvalue weighted by molar-refractivity contribution is -0.140. The first-order valence-electron chi connectivity index (χ1n) is 15.8. The van der Waals surface area contributed by atoms with Crippen LogP contribution in [0.5, 0.6) is 5.75 Å². The summed E-state index contributed by atoms with van der Waals surface area (Å²) in [6, 6.07) is 24.2. The van der Waals surface area contributed by atoms with Crippen molar-refractivity contribution in [2.75, 3.05) is 29.2 Å². The molecule has 0 atom stereocenters. The third-order valence-electron chi connectivity index (χ3n) is 7.11. The van der Waals surface area contributed by atoms with Gasteiger partial charge in [-0.1, -0.05) is 62.7 Å². The van der Waals surface area contributed by atoms with Crippen LogP contribution in [0.3, 0.4) is 0 Å². The van der Waals surface area contributed by atoms with E-state index in [1.807, 2.05) is 67.6 Å². The van der Waals surface area contributed by atoms with Gasteiger partial charge in [-0.25, -0.2) is 14.5 Å². The highest BCUT2D eigenvalue weighted by molar-refractivity contribution is 6.07. The molecule has 49 heavy (non-hydrogen) atoms. The Bertz CT molecular complexity index is 1910. The van der Waals surface area contributed by atoms with Gasteiger partial charge in [0.05, 0.1) is 23.7 Å². The van der Waals surface area contributed by atoms with Gasteiger partial charge >= 0.3 is 12.0 Å². The van der Waals surface area contributed by atoms with Crippen LogP contribution in [0.2, 0.25) is 0 Å². The Kier molecular flexibility index (Phi) is 12.1. The number of amides is 3. The minimum Gasteiger partial charge on any atom is -0.488 e. The molecule has 5 rings (SSSR count). The van der Waals surface area contributed by atoms with Crippen molar-refractivity contribution >= 4 is 46.0 Å². The van der Waals surface area contributed by atoms with Gasteiger partial charge < -0.3 is 25.2 Å². The second-order valence-corrected chi connectivity index (χ2v) is 12.1. The highest BCUT2D eigenvalue weighted by Crippen LogP contribution is 2.33. The summed E-state index contributed by atoms with van der Waals surface area (Å²) in [6.07, 6.45) is 1.56. The van der Waals surface area contributed by atoms with Crippen molar-refractivity contribution in [2.24, 2.45) is 0 Å². The molecule has 3 amide bonds. The number of carbonyl (C=O) groups excluding carboxylic acids is 3. The van der Waals surface area contributed by atoms with Gasteiger partial charge in [0.1, 0.15) is 30.6 Å². The minimum atomic E-state index is -0.624. The van der Waals surface area contributed by atoms with Gasteiger partial charge in [0.2, 0.25) is 0 Å². The standard InChI is InChI=1S/C33H34N6O4.C4H8O2/c1-21-9-11-23(12-10-21)39-30(18-28(38-39)33(2,3)4)37-32(42)35-26-13-14-27(25-8-6-5-7-24(25)26)43-20-22-15-16-34-29(17-22)36-31(41)19-40;1-3-6-4(2)5/h5-18,40H,19-20H2,1-4H3,(H,34,36,41)(H2,35,37,42);3H2,1-2H3. The summed E-state index contributed by atoms with van der Waals surface area (Å²) < 4.78 is 12.3. The monoisotopic (exact) mass is 666 g/mol. The fourth-order valence-corrected chi connectivity index (χ4v) is 4.67. The first-order valence-corrected chi connectivity index (χ1v) is 15.8. The number of aromatic nitrogens is 3. The topological polar surface area (TPSA) is 157 Å². The van der Waals surface area contributed by atoms with E-state index in [0.717, 1.165) is 33.3 Å². The van der Waals surface area contributed by atoms with E-state index in [4.69, 9.17) is 14.9 Å². The van der Waals surface area contributed by atoms with E-state index in [2.05, 4.69) is 46.4 Å². The Morgan fingerprint density at radius 2 is 1.61 bits per heavy atom. The molecule has 0 aliphatic rings. The van der Waals surface area contributed by atoms with E-state index in [0.29, 0.717) is 29.7 Å². The number of ether oxygens (including phenoxy) is 2. The number of aliphatic hydroxyl groups excluding tert-OH is 1. The Morgan fingerprint density at radius 3 is 2.24 bits per heavy atom. The zero-order valence-corrected chi connectivity index (χ0v) is 28.5. The lowest BCUT2D eigenvalue weighted by Crippen LogP contribution is -2.21. The number of pyridine rings is 1. The van der Waals surface area contributed by atoms with Crippen molar-refractivity contribution in [1.82, 2.24) is 14.8 Å². The first kappa shape index (κ1) is 36.1. The molecule has 0 aliphatic carbocycles. The number of urea groups is 1. The van der Waals surface area contributed by atoms with Gasteiger partial charge in [0, 0.05) is 35.4 Å². The van der Waals surface area contributed by atoms with Gasteiger partial charge in [0.25, 0.3) is 5.91 Å². The number of nitrogens with one attached hydrogen (secondary N) is 3. The third kappa shape index (κ3) is 10.1. The Hall–Kier alpha value is -5.75. The van der Waals surface area contributed by atoms with Crippen LogP contribution >= 0.6 is 0 Å².